The van der Waals surface area contributed by atoms with Crippen molar-refractivity contribution in [1.29, 1.82) is 0 Å². The second-order valence-electron chi connectivity index (χ2n) is 3.63. The lowest BCUT2D eigenvalue weighted by atomic mass is 10.2. The van der Waals surface area contributed by atoms with Crippen molar-refractivity contribution in [2.24, 2.45) is 5.73 Å². The van der Waals surface area contributed by atoms with E-state index < -0.39 is 11.9 Å². The van der Waals surface area contributed by atoms with Crippen LogP contribution in [-0.2, 0) is 9.59 Å². The van der Waals surface area contributed by atoms with Crippen LogP contribution in [0.5, 0.6) is 0 Å². The number of likely N-dealkylation sites (N-methyl/N-ethyl adjacent to an activating group) is 1. The van der Waals surface area contributed by atoms with Gasteiger partial charge in [0.1, 0.15) is 6.04 Å². The van der Waals surface area contributed by atoms with Gasteiger partial charge in [-0.2, -0.15) is 11.8 Å². The average molecular weight is 276 g/mol. The highest BCUT2D eigenvalue weighted by atomic mass is 32.2. The van der Waals surface area contributed by atoms with Crippen LogP contribution in [-0.4, -0.2) is 49.5 Å². The molecule has 0 aromatic carbocycles. The largest absolute Gasteiger partial charge is 0.379 e. The van der Waals surface area contributed by atoms with Gasteiger partial charge in [0.15, 0.2) is 1.41 Å². The van der Waals surface area contributed by atoms with Gasteiger partial charge >= 0.3 is 0 Å². The van der Waals surface area contributed by atoms with E-state index in [1.54, 1.807) is 38.0 Å². The van der Waals surface area contributed by atoms with Crippen LogP contribution < -0.4 is 21.7 Å². The number of nitrogens with one attached hydrogen (secondary N) is 3. The van der Waals surface area contributed by atoms with E-state index in [1.807, 2.05) is 12.0 Å². The summed E-state index contributed by atoms with van der Waals surface area (Å²) in [5.74, 6) is -0.00823. The smallest absolute Gasteiger partial charge is 0.241 e. The molecule has 0 spiro atoms. The molecule has 7 heteroatoms. The first-order valence-electron chi connectivity index (χ1n) is 6.13. The van der Waals surface area contributed by atoms with Crippen LogP contribution in [0.25, 0.3) is 0 Å². The molecule has 0 fully saturated rings. The molecule has 0 bridgehead atoms. The van der Waals surface area contributed by atoms with Crippen molar-refractivity contribution in [2.75, 3.05) is 25.6 Å². The molecule has 6 nitrogen and oxygen atoms in total. The molecule has 0 aromatic rings. The summed E-state index contributed by atoms with van der Waals surface area (Å²) < 4.78 is 6.86. The summed E-state index contributed by atoms with van der Waals surface area (Å²) >= 11 is 1.56. The molecule has 0 aliphatic carbocycles. The fourth-order valence-corrected chi connectivity index (χ4v) is 1.87. The molecule has 0 rings (SSSR count). The molecule has 0 heterocycles. The lowest BCUT2D eigenvalue weighted by Gasteiger charge is -2.18. The summed E-state index contributed by atoms with van der Waals surface area (Å²) in [5.41, 5.74) is 1.81. The van der Waals surface area contributed by atoms with Crippen LogP contribution in [0.15, 0.2) is 12.3 Å². The highest BCUT2D eigenvalue weighted by Crippen LogP contribution is 1.96. The first kappa shape index (κ1) is 14.8. The van der Waals surface area contributed by atoms with Gasteiger partial charge in [-0.25, -0.2) is 0 Å². The molecule has 0 radical (unpaired) electrons. The average Bonchev–Trinajstić information content (AvgIpc) is 2.43. The predicted molar refractivity (Wildman–Crippen MR) is 75.2 cm³/mol. The van der Waals surface area contributed by atoms with Crippen LogP contribution in [0, 0.1) is 0 Å². The topological polar surface area (TPSA) is 96.2 Å². The summed E-state index contributed by atoms with van der Waals surface area (Å²) in [6, 6.07) is -0.958. The fraction of sp³-hybridized carbons (Fsp3) is 0.636. The normalized spacial score (nSPS) is 14.7. The second kappa shape index (κ2) is 9.78. The van der Waals surface area contributed by atoms with E-state index in [9.17, 15) is 9.59 Å². The third kappa shape index (κ3) is 6.51. The van der Waals surface area contributed by atoms with Crippen molar-refractivity contribution in [3.63, 3.8) is 0 Å². The number of primary amides is 1. The number of hydrogen-bond acceptors (Lipinski definition) is 5. The summed E-state index contributed by atoms with van der Waals surface area (Å²) in [7, 11) is 1.71. The Morgan fingerprint density at radius 2 is 2.22 bits per heavy atom. The Morgan fingerprint density at radius 1 is 1.50 bits per heavy atom. The van der Waals surface area contributed by atoms with Crippen molar-refractivity contribution in [1.82, 2.24) is 16.0 Å². The molecule has 0 aliphatic rings. The number of allylic oxidation sites excluding steroid dienone is 1. The molecule has 2 atom stereocenters. The van der Waals surface area contributed by atoms with Gasteiger partial charge in [-0.3, -0.25) is 9.59 Å². The minimum Gasteiger partial charge on any atom is -0.379 e. The van der Waals surface area contributed by atoms with Gasteiger partial charge in [-0.15, -0.1) is 0 Å². The third-order valence-corrected chi connectivity index (χ3v) is 2.93. The summed E-state index contributed by atoms with van der Waals surface area (Å²) in [4.78, 5) is 23.3. The van der Waals surface area contributed by atoms with Crippen LogP contribution in [0.4, 0.5) is 0 Å². The Bertz CT molecular complexity index is 315. The highest BCUT2D eigenvalue weighted by molar-refractivity contribution is 7.98. The fourth-order valence-electron chi connectivity index (χ4n) is 1.22. The number of rotatable bonds is 9. The van der Waals surface area contributed by atoms with Crippen molar-refractivity contribution >= 4 is 23.6 Å². The first-order chi connectivity index (χ1) is 9.10. The van der Waals surface area contributed by atoms with Gasteiger partial charge in [0, 0.05) is 12.3 Å². The van der Waals surface area contributed by atoms with Gasteiger partial charge in [0.05, 0.1) is 6.04 Å². The lowest BCUT2D eigenvalue weighted by molar-refractivity contribution is -0.123. The van der Waals surface area contributed by atoms with Gasteiger partial charge in [-0.1, -0.05) is 6.08 Å². The van der Waals surface area contributed by atoms with Gasteiger partial charge < -0.3 is 21.7 Å². The molecule has 104 valence electrons. The Kier molecular flexibility index (Phi) is 8.07. The molecule has 18 heavy (non-hydrogen) atoms. The molecular formula is C11H22N4O2S. The van der Waals surface area contributed by atoms with Gasteiger partial charge in [0.2, 0.25) is 11.8 Å². The summed E-state index contributed by atoms with van der Waals surface area (Å²) in [6.45, 7) is 1.93. The Labute approximate surface area is 114 Å². The standard InChI is InChI=1S/C11H22N4O2S/c1-4-5-14-8(10(12)16)6-15-11(17)9(13-2)7-18-3/h4-5,8-9,13-14H,6-7H2,1-3H3,(H2,12,16)(H,15,17)/t8-,9-/m0/s1/i/hT. The van der Waals surface area contributed by atoms with Crippen molar-refractivity contribution in [3.8, 4) is 0 Å². The highest BCUT2D eigenvalue weighted by Gasteiger charge is 2.19. The number of hydrogen-bond donors (Lipinski definition) is 4. The first-order valence-corrected chi connectivity index (χ1v) is 7.02. The number of amides is 2. The SMILES string of the molecule is [3H]NC(=O)[C@H](CNC(=O)[C@H](CSC)NC)NC=CC. The van der Waals surface area contributed by atoms with Crippen molar-refractivity contribution < 1.29 is 11.0 Å². The number of thioether (sulfide) groups is 1. The predicted octanol–water partition coefficient (Wildman–Crippen LogP) is -0.969. The quantitative estimate of drug-likeness (QED) is 0.434. The van der Waals surface area contributed by atoms with Gasteiger partial charge in [0.25, 0.3) is 0 Å². The maximum absolute atomic E-state index is 11.8. The Morgan fingerprint density at radius 3 is 2.72 bits per heavy atom. The number of carbonyl (C=O) groups excluding carboxylic acids is 2. The van der Waals surface area contributed by atoms with Crippen LogP contribution in [0.3, 0.4) is 0 Å². The zero-order valence-corrected chi connectivity index (χ0v) is 11.8. The molecule has 5 N–H and O–H groups in total. The zero-order valence-electron chi connectivity index (χ0n) is 11.9. The molecule has 0 unspecified atom stereocenters. The van der Waals surface area contributed by atoms with Crippen LogP contribution in [0.2, 0.25) is 1.41 Å². The third-order valence-electron chi connectivity index (χ3n) is 2.26. The number of nitrogens with two attached hydrogens (primary N) is 1. The van der Waals surface area contributed by atoms with E-state index >= 15 is 0 Å². The Hall–Kier alpha value is -1.21. The summed E-state index contributed by atoms with van der Waals surface area (Å²) in [5, 5.41) is 8.41. The van der Waals surface area contributed by atoms with E-state index in [1.165, 1.54) is 0 Å². The van der Waals surface area contributed by atoms with Crippen LogP contribution >= 0.6 is 11.8 Å². The minimum absolute atomic E-state index is 0.125. The van der Waals surface area contributed by atoms with E-state index in [4.69, 9.17) is 1.41 Å². The maximum Gasteiger partial charge on any atom is 0.241 e. The van der Waals surface area contributed by atoms with Crippen LogP contribution in [0.1, 0.15) is 6.92 Å². The minimum atomic E-state index is -0.663. The molecule has 0 saturated heterocycles. The summed E-state index contributed by atoms with van der Waals surface area (Å²) in [6.07, 6.45) is 5.25. The maximum atomic E-state index is 11.8. The monoisotopic (exact) mass is 276 g/mol. The molecule has 0 aliphatic heterocycles. The second-order valence-corrected chi connectivity index (χ2v) is 4.54. The zero-order chi connectivity index (χ0) is 14.7. The Balaban J connectivity index is 4.36. The van der Waals surface area contributed by atoms with Crippen molar-refractivity contribution in [3.05, 3.63) is 12.3 Å². The van der Waals surface area contributed by atoms with E-state index in [2.05, 4.69) is 16.0 Å². The molecule has 0 saturated carbocycles. The molecule has 2 amide bonds. The van der Waals surface area contributed by atoms with Crippen molar-refractivity contribution in [2.45, 2.75) is 19.0 Å². The van der Waals surface area contributed by atoms with E-state index in [0.29, 0.717) is 5.75 Å². The molecular weight excluding hydrogens is 252 g/mol. The number of carbonyl (C=O) groups is 2. The van der Waals surface area contributed by atoms with E-state index in [0.717, 1.165) is 0 Å². The molecule has 0 aromatic heterocycles. The van der Waals surface area contributed by atoms with Gasteiger partial charge in [-0.05, 0) is 26.4 Å². The lowest BCUT2D eigenvalue weighted by Crippen LogP contribution is -2.51. The van der Waals surface area contributed by atoms with E-state index in [-0.39, 0.29) is 18.5 Å².